The van der Waals surface area contributed by atoms with Gasteiger partial charge >= 0.3 is 5.97 Å². The number of likely N-dealkylation sites (tertiary alicyclic amines) is 1. The number of guanidine groups is 1. The van der Waals surface area contributed by atoms with Gasteiger partial charge in [-0.15, -0.1) is 24.0 Å². The number of nitrogens with one attached hydrogen (secondary N) is 1. The van der Waals surface area contributed by atoms with E-state index in [1.54, 1.807) is 0 Å². The number of hydrogen-bond donors (Lipinski definition) is 1. The van der Waals surface area contributed by atoms with Crippen molar-refractivity contribution in [1.29, 1.82) is 0 Å². The fraction of sp³-hybridized carbons (Fsp3) is 0.750. The highest BCUT2D eigenvalue weighted by Gasteiger charge is 2.27. The van der Waals surface area contributed by atoms with Crippen LogP contribution < -0.4 is 5.32 Å². The van der Waals surface area contributed by atoms with Crippen molar-refractivity contribution in [1.82, 2.24) is 15.4 Å². The third-order valence-corrected chi connectivity index (χ3v) is 5.12. The van der Waals surface area contributed by atoms with Crippen molar-refractivity contribution in [3.63, 3.8) is 0 Å². The number of aliphatic imine (C=N–C) groups is 1. The first kappa shape index (κ1) is 24.7. The summed E-state index contributed by atoms with van der Waals surface area (Å²) in [7, 11) is 0. The van der Waals surface area contributed by atoms with Crippen LogP contribution in [0.15, 0.2) is 15.6 Å². The molecule has 8 heteroatoms. The first-order valence-corrected chi connectivity index (χ1v) is 10.3. The lowest BCUT2D eigenvalue weighted by Gasteiger charge is -2.33. The molecule has 0 aromatic carbocycles. The quantitative estimate of drug-likeness (QED) is 0.249. The van der Waals surface area contributed by atoms with Crippen LogP contribution in [-0.2, 0) is 16.1 Å². The normalized spacial score (nSPS) is 15.5. The molecule has 0 spiro atoms. The topological polar surface area (TPSA) is 80.0 Å². The molecule has 1 aromatic rings. The molecule has 1 fully saturated rings. The molecule has 0 amide bonds. The van der Waals surface area contributed by atoms with Crippen LogP contribution in [-0.4, -0.2) is 48.2 Å². The van der Waals surface area contributed by atoms with E-state index in [0.29, 0.717) is 19.1 Å². The Morgan fingerprint density at radius 1 is 1.32 bits per heavy atom. The minimum absolute atomic E-state index is 0. The highest BCUT2D eigenvalue weighted by molar-refractivity contribution is 14.0. The molecular formula is C20H35IN4O3. The van der Waals surface area contributed by atoms with Gasteiger partial charge in [-0.25, -0.2) is 4.99 Å². The van der Waals surface area contributed by atoms with Gasteiger partial charge in [-0.2, -0.15) is 0 Å². The van der Waals surface area contributed by atoms with Gasteiger partial charge in [0, 0.05) is 31.6 Å². The lowest BCUT2D eigenvalue weighted by molar-refractivity contribution is -0.149. The first-order valence-electron chi connectivity index (χ1n) is 10.3. The zero-order valence-electron chi connectivity index (χ0n) is 17.6. The van der Waals surface area contributed by atoms with E-state index in [1.165, 1.54) is 0 Å². The second-order valence-electron chi connectivity index (χ2n) is 6.92. The van der Waals surface area contributed by atoms with Crippen LogP contribution in [0.25, 0.3) is 0 Å². The molecule has 1 aliphatic rings. The number of aromatic nitrogens is 1. The van der Waals surface area contributed by atoms with E-state index in [1.807, 2.05) is 13.0 Å². The molecule has 1 saturated heterocycles. The molecule has 0 bridgehead atoms. The molecule has 0 atom stereocenters. The van der Waals surface area contributed by atoms with Crippen molar-refractivity contribution in [3.8, 4) is 0 Å². The van der Waals surface area contributed by atoms with Crippen molar-refractivity contribution in [2.24, 2.45) is 10.9 Å². The Hall–Kier alpha value is -1.32. The maximum atomic E-state index is 11.9. The summed E-state index contributed by atoms with van der Waals surface area (Å²) in [5.41, 5.74) is 1.02. The van der Waals surface area contributed by atoms with E-state index < -0.39 is 0 Å². The average Bonchev–Trinajstić information content (AvgIpc) is 3.15. The maximum absolute atomic E-state index is 11.9. The summed E-state index contributed by atoms with van der Waals surface area (Å²) in [6.45, 7) is 11.5. The summed E-state index contributed by atoms with van der Waals surface area (Å²) in [5.74, 6) is 2.02. The summed E-state index contributed by atoms with van der Waals surface area (Å²) in [6.07, 6.45) is 3.71. The summed E-state index contributed by atoms with van der Waals surface area (Å²) >= 11 is 0. The van der Waals surface area contributed by atoms with E-state index in [9.17, 15) is 4.79 Å². The van der Waals surface area contributed by atoms with Crippen LogP contribution in [0.1, 0.15) is 70.8 Å². The lowest BCUT2D eigenvalue weighted by Crippen LogP contribution is -2.46. The summed E-state index contributed by atoms with van der Waals surface area (Å²) in [4.78, 5) is 18.8. The molecule has 2 rings (SSSR count). The van der Waals surface area contributed by atoms with Crippen LogP contribution >= 0.6 is 24.0 Å². The molecule has 28 heavy (non-hydrogen) atoms. The van der Waals surface area contributed by atoms with Crippen molar-refractivity contribution < 1.29 is 14.1 Å². The van der Waals surface area contributed by atoms with E-state index in [2.05, 4.69) is 36.1 Å². The third-order valence-electron chi connectivity index (χ3n) is 5.12. The number of rotatable bonds is 8. The number of nitrogens with zero attached hydrogens (tertiary/aromatic N) is 3. The highest BCUT2D eigenvalue weighted by Crippen LogP contribution is 2.23. The van der Waals surface area contributed by atoms with E-state index in [0.717, 1.165) is 62.7 Å². The number of halogens is 1. The molecular weight excluding hydrogens is 471 g/mol. The van der Waals surface area contributed by atoms with Crippen LogP contribution in [0.5, 0.6) is 0 Å². The van der Waals surface area contributed by atoms with Crippen LogP contribution in [0.3, 0.4) is 0 Å². The Bertz CT molecular complexity index is 608. The summed E-state index contributed by atoms with van der Waals surface area (Å²) < 4.78 is 10.6. The van der Waals surface area contributed by atoms with Gasteiger partial charge in [0.1, 0.15) is 6.54 Å². The fourth-order valence-electron chi connectivity index (χ4n) is 3.47. The predicted molar refractivity (Wildman–Crippen MR) is 121 cm³/mol. The molecule has 1 aromatic heterocycles. The summed E-state index contributed by atoms with van der Waals surface area (Å²) in [5, 5.41) is 7.55. The maximum Gasteiger partial charge on any atom is 0.309 e. The van der Waals surface area contributed by atoms with E-state index in [-0.39, 0.29) is 35.9 Å². The molecule has 0 aliphatic carbocycles. The Balaban J connectivity index is 0.00000392. The number of ether oxygens (including phenoxy) is 1. The third kappa shape index (κ3) is 6.93. The molecule has 0 saturated carbocycles. The number of hydrogen-bond acceptors (Lipinski definition) is 5. The minimum atomic E-state index is -0.0744. The molecule has 1 aliphatic heterocycles. The molecule has 160 valence electrons. The monoisotopic (exact) mass is 506 g/mol. The van der Waals surface area contributed by atoms with Crippen molar-refractivity contribution >= 4 is 35.9 Å². The number of esters is 1. The smallest absolute Gasteiger partial charge is 0.309 e. The molecule has 7 nitrogen and oxygen atoms in total. The van der Waals surface area contributed by atoms with Gasteiger partial charge < -0.3 is 19.5 Å². The Kier molecular flexibility index (Phi) is 11.5. The largest absolute Gasteiger partial charge is 0.466 e. The van der Waals surface area contributed by atoms with Crippen LogP contribution in [0, 0.1) is 5.92 Å². The Morgan fingerprint density at radius 3 is 2.57 bits per heavy atom. The van der Waals surface area contributed by atoms with Gasteiger partial charge in [0.25, 0.3) is 0 Å². The van der Waals surface area contributed by atoms with Gasteiger partial charge in [0.15, 0.2) is 11.7 Å². The van der Waals surface area contributed by atoms with Crippen molar-refractivity contribution in [2.75, 3.05) is 26.2 Å². The van der Waals surface area contributed by atoms with Crippen LogP contribution in [0.4, 0.5) is 0 Å². The number of piperidine rings is 1. The standard InChI is InChI=1S/C20H34N4O3.HI/c1-5-15(6-2)18-13-17(27-23-18)14-22-20(21-7-3)24-11-9-16(10-12-24)19(25)26-8-4;/h13,15-16H,5-12,14H2,1-4H3,(H,21,22);1H. The van der Waals surface area contributed by atoms with Gasteiger partial charge in [0.2, 0.25) is 0 Å². The molecule has 2 heterocycles. The molecule has 0 unspecified atom stereocenters. The second kappa shape index (κ2) is 13.0. The highest BCUT2D eigenvalue weighted by atomic mass is 127. The second-order valence-corrected chi connectivity index (χ2v) is 6.92. The fourth-order valence-corrected chi connectivity index (χ4v) is 3.47. The zero-order chi connectivity index (χ0) is 19.6. The van der Waals surface area contributed by atoms with Gasteiger partial charge in [-0.05, 0) is 39.5 Å². The van der Waals surface area contributed by atoms with Gasteiger partial charge in [0.05, 0.1) is 18.2 Å². The van der Waals surface area contributed by atoms with E-state index in [4.69, 9.17) is 14.3 Å². The summed E-state index contributed by atoms with van der Waals surface area (Å²) in [6, 6.07) is 2.03. The SMILES string of the molecule is CCNC(=NCc1cc(C(CC)CC)no1)N1CCC(C(=O)OCC)CC1.I. The first-order chi connectivity index (χ1) is 13.1. The molecule has 0 radical (unpaired) electrons. The number of carbonyl (C=O) groups excluding carboxylic acids is 1. The molecule has 1 N–H and O–H groups in total. The van der Waals surface area contributed by atoms with Crippen LogP contribution in [0.2, 0.25) is 0 Å². The minimum Gasteiger partial charge on any atom is -0.466 e. The number of carbonyl (C=O) groups is 1. The lowest BCUT2D eigenvalue weighted by atomic mass is 9.97. The van der Waals surface area contributed by atoms with Crippen molar-refractivity contribution in [2.45, 2.75) is 65.8 Å². The average molecular weight is 506 g/mol. The predicted octanol–water partition coefficient (Wildman–Crippen LogP) is 3.94. The van der Waals surface area contributed by atoms with Crippen molar-refractivity contribution in [3.05, 3.63) is 17.5 Å². The van der Waals surface area contributed by atoms with Gasteiger partial charge in [-0.3, -0.25) is 4.79 Å². The Morgan fingerprint density at radius 2 is 2.00 bits per heavy atom. The Labute approximate surface area is 185 Å². The van der Waals surface area contributed by atoms with Gasteiger partial charge in [-0.1, -0.05) is 19.0 Å². The van der Waals surface area contributed by atoms with E-state index >= 15 is 0 Å². The zero-order valence-corrected chi connectivity index (χ0v) is 19.9.